The van der Waals surface area contributed by atoms with Crippen molar-refractivity contribution in [1.29, 1.82) is 5.26 Å². The summed E-state index contributed by atoms with van der Waals surface area (Å²) in [4.78, 5) is 11.7. The number of halogens is 1. The molecule has 0 bridgehead atoms. The second kappa shape index (κ2) is 5.73. The van der Waals surface area contributed by atoms with Gasteiger partial charge in [0.25, 0.3) is 0 Å². The number of nitrogens with zero attached hydrogens (tertiary/aromatic N) is 1. The van der Waals surface area contributed by atoms with Crippen LogP contribution in [0.5, 0.6) is 0 Å². The van der Waals surface area contributed by atoms with Gasteiger partial charge < -0.3 is 4.79 Å². The van der Waals surface area contributed by atoms with Gasteiger partial charge in [0.1, 0.15) is 17.0 Å². The van der Waals surface area contributed by atoms with Gasteiger partial charge in [-0.05, 0) is 36.8 Å². The van der Waals surface area contributed by atoms with Gasteiger partial charge in [-0.25, -0.2) is 8.42 Å². The molecule has 0 N–H and O–H groups in total. The molecule has 0 aliphatic heterocycles. The van der Waals surface area contributed by atoms with E-state index in [1.807, 2.05) is 25.1 Å². The Morgan fingerprint density at radius 3 is 2.21 bits per heavy atom. The molecule has 0 radical (unpaired) electrons. The molecule has 1 fully saturated rings. The van der Waals surface area contributed by atoms with Crippen LogP contribution in [0.4, 0.5) is 0 Å². The molecule has 3 rings (SSSR count). The third-order valence-corrected chi connectivity index (χ3v) is 6.99. The molecular weight excluding hydrogens is 346 g/mol. The Morgan fingerprint density at radius 2 is 1.71 bits per heavy atom. The van der Waals surface area contributed by atoms with Crippen molar-refractivity contribution in [2.24, 2.45) is 5.41 Å². The summed E-state index contributed by atoms with van der Waals surface area (Å²) in [6.45, 7) is 1.91. The van der Waals surface area contributed by atoms with Crippen LogP contribution in [0.25, 0.3) is 0 Å². The van der Waals surface area contributed by atoms with E-state index in [0.717, 1.165) is 5.56 Å². The first-order chi connectivity index (χ1) is 11.4. The van der Waals surface area contributed by atoms with Crippen LogP contribution in [0.1, 0.15) is 17.0 Å². The summed E-state index contributed by atoms with van der Waals surface area (Å²) in [5.41, 5.74) is 0.148. The lowest BCUT2D eigenvalue weighted by Gasteiger charge is -2.04. The van der Waals surface area contributed by atoms with Crippen LogP contribution in [-0.4, -0.2) is 20.0 Å². The molecule has 0 unspecified atom stereocenters. The minimum Gasteiger partial charge on any atom is -0.302 e. The van der Waals surface area contributed by atoms with Gasteiger partial charge in [0.05, 0.1) is 11.0 Å². The van der Waals surface area contributed by atoms with Crippen molar-refractivity contribution in [1.82, 2.24) is 0 Å². The highest BCUT2D eigenvalue weighted by Gasteiger charge is 2.72. The number of rotatable bonds is 4. The number of sulfone groups is 1. The van der Waals surface area contributed by atoms with Crippen LogP contribution in [0.15, 0.2) is 53.4 Å². The smallest absolute Gasteiger partial charge is 0.183 e. The monoisotopic (exact) mass is 359 g/mol. The van der Waals surface area contributed by atoms with Gasteiger partial charge in [0.2, 0.25) is 0 Å². The summed E-state index contributed by atoms with van der Waals surface area (Å²) in [6, 6.07) is 14.9. The molecule has 0 heterocycles. The molecule has 6 heteroatoms. The number of hydrogen-bond donors (Lipinski definition) is 0. The zero-order chi connectivity index (χ0) is 17.5. The summed E-state index contributed by atoms with van der Waals surface area (Å²) in [5.74, 6) is -0.665. The first-order valence-electron chi connectivity index (χ1n) is 7.30. The minimum absolute atomic E-state index is 0.0630. The van der Waals surface area contributed by atoms with Crippen molar-refractivity contribution >= 4 is 27.7 Å². The molecule has 4 nitrogen and oxygen atoms in total. The summed E-state index contributed by atoms with van der Waals surface area (Å²) < 4.78 is 25.9. The van der Waals surface area contributed by atoms with Crippen LogP contribution < -0.4 is 0 Å². The Balaban J connectivity index is 2.08. The van der Waals surface area contributed by atoms with E-state index in [4.69, 9.17) is 11.6 Å². The lowest BCUT2D eigenvalue weighted by atomic mass is 10.0. The zero-order valence-electron chi connectivity index (χ0n) is 12.8. The molecule has 0 amide bonds. The predicted molar refractivity (Wildman–Crippen MR) is 90.5 cm³/mol. The third-order valence-electron chi connectivity index (χ3n) is 4.48. The summed E-state index contributed by atoms with van der Waals surface area (Å²) in [6.07, 6.45) is 0.468. The van der Waals surface area contributed by atoms with Crippen LogP contribution >= 0.6 is 11.6 Å². The van der Waals surface area contributed by atoms with Crippen molar-refractivity contribution < 1.29 is 13.2 Å². The molecule has 0 aromatic heterocycles. The quantitative estimate of drug-likeness (QED) is 0.785. The number of carbonyl (C=O) groups is 1. The standard InChI is InChI=1S/C18H14ClNO3S/c1-12-2-4-13(5-3-12)16-17(18(16,10-20)11-21)24(22,23)15-8-6-14(19)7-9-15/h2-9,11,16-17H,1H3/t16-,17+,18+/m1/s1. The fourth-order valence-electron chi connectivity index (χ4n) is 3.11. The maximum atomic E-state index is 12.9. The molecule has 122 valence electrons. The van der Waals surface area contributed by atoms with Gasteiger partial charge in [-0.3, -0.25) is 0 Å². The lowest BCUT2D eigenvalue weighted by Crippen LogP contribution is -2.16. The second-order valence-electron chi connectivity index (χ2n) is 5.97. The van der Waals surface area contributed by atoms with Crippen LogP contribution in [0, 0.1) is 23.7 Å². The van der Waals surface area contributed by atoms with E-state index in [1.165, 1.54) is 24.3 Å². The predicted octanol–water partition coefficient (Wildman–Crippen LogP) is 3.30. The van der Waals surface area contributed by atoms with Gasteiger partial charge in [0, 0.05) is 10.9 Å². The number of hydrogen-bond acceptors (Lipinski definition) is 4. The third kappa shape index (κ3) is 2.43. The number of aldehydes is 1. The van der Waals surface area contributed by atoms with Crippen LogP contribution in [0.2, 0.25) is 5.02 Å². The Labute approximate surface area is 145 Å². The minimum atomic E-state index is -3.83. The first kappa shape index (κ1) is 16.7. The highest BCUT2D eigenvalue weighted by Crippen LogP contribution is 2.62. The molecular formula is C18H14ClNO3S. The lowest BCUT2D eigenvalue weighted by molar-refractivity contribution is -0.110. The van der Waals surface area contributed by atoms with Gasteiger partial charge >= 0.3 is 0 Å². The molecule has 24 heavy (non-hydrogen) atoms. The fourth-order valence-corrected chi connectivity index (χ4v) is 5.47. The Bertz CT molecular complexity index is 930. The zero-order valence-corrected chi connectivity index (χ0v) is 14.4. The maximum Gasteiger partial charge on any atom is 0.183 e. The number of nitriles is 1. The van der Waals surface area contributed by atoms with E-state index in [0.29, 0.717) is 16.9 Å². The van der Waals surface area contributed by atoms with Crippen molar-refractivity contribution in [3.63, 3.8) is 0 Å². The van der Waals surface area contributed by atoms with Gasteiger partial charge in [-0.1, -0.05) is 41.4 Å². The highest BCUT2D eigenvalue weighted by molar-refractivity contribution is 7.92. The molecule has 1 aliphatic carbocycles. The van der Waals surface area contributed by atoms with E-state index in [1.54, 1.807) is 12.1 Å². The average molecular weight is 360 g/mol. The summed E-state index contributed by atoms with van der Waals surface area (Å²) in [7, 11) is -3.83. The molecule has 2 aromatic carbocycles. The largest absolute Gasteiger partial charge is 0.302 e. The normalized spacial score (nSPS) is 25.7. The van der Waals surface area contributed by atoms with Gasteiger partial charge in [-0.2, -0.15) is 5.26 Å². The van der Waals surface area contributed by atoms with Crippen molar-refractivity contribution in [2.75, 3.05) is 0 Å². The average Bonchev–Trinajstić information content (AvgIpc) is 3.26. The summed E-state index contributed by atoms with van der Waals surface area (Å²) >= 11 is 5.80. The van der Waals surface area contributed by atoms with Gasteiger partial charge in [-0.15, -0.1) is 0 Å². The highest BCUT2D eigenvalue weighted by atomic mass is 35.5. The second-order valence-corrected chi connectivity index (χ2v) is 8.48. The van der Waals surface area contributed by atoms with E-state index < -0.39 is 26.4 Å². The fraction of sp³-hybridized carbons (Fsp3) is 0.222. The van der Waals surface area contributed by atoms with Crippen molar-refractivity contribution in [2.45, 2.75) is 23.0 Å². The SMILES string of the molecule is Cc1ccc([C@@H]2[C@H](S(=O)(=O)c3ccc(Cl)cc3)[C@@]2(C#N)C=O)cc1. The van der Waals surface area contributed by atoms with E-state index in [9.17, 15) is 18.5 Å². The van der Waals surface area contributed by atoms with E-state index in [2.05, 4.69) is 0 Å². The van der Waals surface area contributed by atoms with Crippen LogP contribution in [0.3, 0.4) is 0 Å². The number of benzene rings is 2. The van der Waals surface area contributed by atoms with Gasteiger partial charge in [0.15, 0.2) is 9.84 Å². The molecule has 1 saturated carbocycles. The topological polar surface area (TPSA) is 75.0 Å². The van der Waals surface area contributed by atoms with Crippen molar-refractivity contribution in [3.8, 4) is 6.07 Å². The number of aryl methyl sites for hydroxylation is 1. The van der Waals surface area contributed by atoms with Crippen molar-refractivity contribution in [3.05, 3.63) is 64.7 Å². The molecule has 2 aromatic rings. The first-order valence-corrected chi connectivity index (χ1v) is 9.23. The molecule has 3 atom stereocenters. The molecule has 0 saturated heterocycles. The molecule has 0 spiro atoms. The summed E-state index contributed by atoms with van der Waals surface area (Å²) in [5, 5.41) is 8.83. The Hall–Kier alpha value is -2.16. The Kier molecular flexibility index (Phi) is 3.98. The maximum absolute atomic E-state index is 12.9. The van der Waals surface area contributed by atoms with E-state index >= 15 is 0 Å². The number of carbonyl (C=O) groups excluding carboxylic acids is 1. The van der Waals surface area contributed by atoms with Crippen LogP contribution in [-0.2, 0) is 14.6 Å². The Morgan fingerprint density at radius 1 is 1.12 bits per heavy atom. The molecule has 1 aliphatic rings. The van der Waals surface area contributed by atoms with E-state index in [-0.39, 0.29) is 4.90 Å².